The van der Waals surface area contributed by atoms with E-state index in [1.165, 1.54) is 6.08 Å². The molecule has 9 aliphatic heterocycles. The molecule has 9 heterocycles. The van der Waals surface area contributed by atoms with Gasteiger partial charge in [0.2, 0.25) is 0 Å². The second kappa shape index (κ2) is 52.6. The molecule has 9 rings (SSSR count). The smallest absolute Gasteiger partial charge is 1.00 e. The molecule has 9 aliphatic rings. The molecule has 30 nitrogen and oxygen atoms in total. The Morgan fingerprint density at radius 3 is 0.992 bits per heavy atom. The zero-order valence-electron chi connectivity index (χ0n) is 84.3. The van der Waals surface area contributed by atoms with Crippen LogP contribution in [0.1, 0.15) is 233 Å². The number of fused-ring (bicyclic) bond motifs is 2. The van der Waals surface area contributed by atoms with Crippen molar-refractivity contribution < 1.29 is 162 Å². The number of Topliss-reactive ketones (excluding diaryl/α,β-unsaturated/α-hetero) is 1. The molecule has 127 heavy (non-hydrogen) atoms. The molecule has 0 aliphatic carbocycles. The van der Waals surface area contributed by atoms with Crippen molar-refractivity contribution in [2.45, 2.75) is 487 Å². The van der Waals surface area contributed by atoms with Gasteiger partial charge in [0.1, 0.15) is 104 Å². The van der Waals surface area contributed by atoms with Crippen LogP contribution in [0.25, 0.3) is 0 Å². The molecule has 0 aromatic carbocycles. The van der Waals surface area contributed by atoms with Gasteiger partial charge in [0.05, 0.1) is 55.4 Å². The van der Waals surface area contributed by atoms with Crippen LogP contribution in [-0.2, 0) is 93.9 Å². The number of aliphatic hydroxyl groups excluding tert-OH is 10. The maximum absolute atomic E-state index is 12.2. The summed E-state index contributed by atoms with van der Waals surface area (Å²) in [6, 6.07) is 0. The number of halogens is 1. The van der Waals surface area contributed by atoms with Gasteiger partial charge >= 0.3 is 23.1 Å². The molecule has 14 unspecified atom stereocenters. The van der Waals surface area contributed by atoms with E-state index in [-0.39, 0.29) is 134 Å². The SMILES string of the molecule is C=CC(O)[C@@H]1OC(C)(C)O[C@@H]1C(O)CC.C=CC(O[Si](C)(C)C(C)(C)C)[C@@H]1OC(C)(C)O[C@@H]1C(=C)CC.C=CC(O[Si](C)(C)C(C)(C)C)[C@@H]1OC(C)(C)O[C@@H]1C(=O)CC.C=CC(O[Si](C)(C)C(C)(C)C)[C@@H]1OC(C)(C)O[C@@H]1C(O)CC.CC1(C)O[C@@H]2C(CO)OC(O)[C@@H]2O1.CCC1OC(O)[C@@H]2OC(C)(C)O[C@H]12.COC(C)(C)C.OCC1OC(O)C(O)C1O.[Br-].[CH-]=C.[Mg+2]. The number of ether oxygens (including phenoxy) is 16. The third-order valence-corrected chi connectivity index (χ3v) is 37.0. The van der Waals surface area contributed by atoms with Gasteiger partial charge in [0.15, 0.2) is 84.3 Å². The number of hydrogen-bond donors (Lipinski definition) is 10. The monoisotopic (exact) mass is 1950 g/mol. The van der Waals surface area contributed by atoms with Crippen LogP contribution in [0.3, 0.4) is 0 Å². The van der Waals surface area contributed by atoms with Crippen molar-refractivity contribution in [1.29, 1.82) is 0 Å². The van der Waals surface area contributed by atoms with Crippen LogP contribution >= 0.6 is 0 Å². The Labute approximate surface area is 793 Å². The Kier molecular flexibility index (Phi) is 52.9. The second-order valence-electron chi connectivity index (χ2n) is 40.8. The summed E-state index contributed by atoms with van der Waals surface area (Å²) < 4.78 is 108. The number of carbonyl (C=O) groups excluding carboxylic acids is 1. The molecule has 0 aromatic heterocycles. The molecular weight excluding hydrogens is 1770 g/mol. The van der Waals surface area contributed by atoms with E-state index in [0.29, 0.717) is 19.3 Å². The molecule has 0 aromatic rings. The van der Waals surface area contributed by atoms with E-state index >= 15 is 0 Å². The molecule has 0 amide bonds. The summed E-state index contributed by atoms with van der Waals surface area (Å²) in [7, 11) is -4.17. The second-order valence-corrected chi connectivity index (χ2v) is 55.1. The van der Waals surface area contributed by atoms with Crippen molar-refractivity contribution in [2.24, 2.45) is 0 Å². The first kappa shape index (κ1) is 128. The Balaban J connectivity index is 0. The van der Waals surface area contributed by atoms with E-state index in [1.807, 2.05) is 110 Å². The number of hydrogen-bond acceptors (Lipinski definition) is 30. The number of carbonyl (C=O) groups is 1. The Morgan fingerprint density at radius 2 is 0.701 bits per heavy atom. The Bertz CT molecular complexity index is 3110. The van der Waals surface area contributed by atoms with Crippen molar-refractivity contribution in [1.82, 2.24) is 0 Å². The zero-order chi connectivity index (χ0) is 97.9. The van der Waals surface area contributed by atoms with Gasteiger partial charge in [-0.25, -0.2) is 0 Å². The summed E-state index contributed by atoms with van der Waals surface area (Å²) in [5, 5.41) is 92.8. The summed E-state index contributed by atoms with van der Waals surface area (Å²) in [6.45, 7) is 96.8. The van der Waals surface area contributed by atoms with Crippen molar-refractivity contribution in [3.05, 3.63) is 75.9 Å². The number of methoxy groups -OCH3 is 1. The molecule has 26 atom stereocenters. The maximum Gasteiger partial charge on any atom is 2.00 e. The summed E-state index contributed by atoms with van der Waals surface area (Å²) in [5.41, 5.74) is 1.08. The predicted molar refractivity (Wildman–Crippen MR) is 495 cm³/mol. The fourth-order valence-electron chi connectivity index (χ4n) is 13.3. The van der Waals surface area contributed by atoms with E-state index in [2.05, 4.69) is 159 Å². The quantitative estimate of drug-likeness (QED) is 0.0231. The topological polar surface area (TPSA) is 395 Å². The van der Waals surface area contributed by atoms with Gasteiger partial charge < -0.3 is 164 Å². The van der Waals surface area contributed by atoms with Crippen LogP contribution in [0.5, 0.6) is 0 Å². The van der Waals surface area contributed by atoms with Crippen molar-refractivity contribution >= 4 is 53.8 Å². The molecule has 10 N–H and O–H groups in total. The summed E-state index contributed by atoms with van der Waals surface area (Å²) in [4.78, 5) is 12.2. The fraction of sp³-hybridized carbons (Fsp3) is 0.859. The third kappa shape index (κ3) is 38.3. The van der Waals surface area contributed by atoms with Crippen LogP contribution in [0.4, 0.5) is 0 Å². The van der Waals surface area contributed by atoms with Crippen molar-refractivity contribution in [3.8, 4) is 0 Å². The average molecular weight is 1950 g/mol. The number of rotatable bonds is 25. The molecule has 35 heteroatoms. The molecular formula is C92H175BrMgO30Si3. The molecule has 0 bridgehead atoms. The summed E-state index contributed by atoms with van der Waals surface area (Å²) >= 11 is 0. The first-order valence-corrected chi connectivity index (χ1v) is 52.9. The van der Waals surface area contributed by atoms with Crippen LogP contribution in [0.15, 0.2) is 69.4 Å². The summed E-state index contributed by atoms with van der Waals surface area (Å²) in [6.07, 6.45) is -4.31. The van der Waals surface area contributed by atoms with E-state index in [0.717, 1.165) is 18.4 Å². The van der Waals surface area contributed by atoms with Crippen LogP contribution in [-0.4, -0.2) is 325 Å². The standard InChI is InChI=1S/C18H34O3Si.C17H34O4Si.C17H32O4Si.C11H20O4.C9H16O4.C8H14O5.C5H10O5.C5H12O.C2H3.BrH.Mg/c1-11-13(3)15-16(20-18(7,8)19-15)14(12-2)21-22(9,10)17(4,5)6;2*1-10-12(18)14-15(20-17(6,7)19-14)13(11-2)21-22(8,9)16(3,4)5;1-5-7(12)9-10(8(13)6-2)15-11(3,4)14-9;1-4-5-6-7(8(10)11-5)13-9(2,3)12-6;1-8(2)12-5-4(3-9)11-7(10)6(5)13-8;6-1-2-3(7)4(8)5(9)10-2;1-5(2,3)6-4;1-2;;/h12,14-16H,2-3,11H2,1,4-10H3;11-15,18H,2,10H2,1,3-9H3;11,13-15H,2,10H2,1,3-9H3;5,7-10,12-13H,1,6H2,2-4H3;5-8,10H,4H2,1-3H3;4-7,9-10H,3H2,1-2H3;2-9H,1H2;1-4H3;1H,2H2;1H;/q;;;;;;;;-1;;+2/p-1/t14?,15-,16+;12?,13?,14-,15+;13?,14-,15+;7?,8?,9-,10+;5?,6-,7-,8?;4?,5-,6-,7?;;;;;/m111011...../s1. The number of aliphatic hydroxyl groups is 10. The van der Waals surface area contributed by atoms with Crippen LogP contribution in [0, 0.1) is 6.58 Å². The molecule has 9 saturated heterocycles. The number of ketones is 1. The Morgan fingerprint density at radius 1 is 0.417 bits per heavy atom. The zero-order valence-corrected chi connectivity index (χ0v) is 90.3. The van der Waals surface area contributed by atoms with E-state index in [9.17, 15) is 30.3 Å². The van der Waals surface area contributed by atoms with Gasteiger partial charge in [-0.3, -0.25) is 11.4 Å². The molecule has 0 radical (unpaired) electrons. The normalized spacial score (nSPS) is 32.4. The minimum atomic E-state index is -2.00. The van der Waals surface area contributed by atoms with Gasteiger partial charge in [-0.2, -0.15) is 0 Å². The summed E-state index contributed by atoms with van der Waals surface area (Å²) in [5.74, 6) is -4.13. The minimum Gasteiger partial charge on any atom is -1.00 e. The average Bonchev–Trinajstić information content (AvgIpc) is 1.61. The Hall–Kier alpha value is -1.15. The fourth-order valence-corrected chi connectivity index (χ4v) is 17.1. The van der Waals surface area contributed by atoms with E-state index < -0.39 is 165 Å². The largest absolute Gasteiger partial charge is 2.00 e. The van der Waals surface area contributed by atoms with Gasteiger partial charge in [0, 0.05) is 13.5 Å². The molecule has 0 spiro atoms. The van der Waals surface area contributed by atoms with E-state index in [4.69, 9.17) is 110 Å². The first-order valence-electron chi connectivity index (χ1n) is 44.2. The molecule has 9 fully saturated rings. The minimum absolute atomic E-state index is 0. The van der Waals surface area contributed by atoms with Gasteiger partial charge in [-0.15, -0.1) is 26.3 Å². The van der Waals surface area contributed by atoms with Gasteiger partial charge in [-0.1, -0.05) is 128 Å². The molecule has 0 saturated carbocycles. The third-order valence-electron chi connectivity index (χ3n) is 23.6. The van der Waals surface area contributed by atoms with Crippen molar-refractivity contribution in [3.63, 3.8) is 0 Å². The van der Waals surface area contributed by atoms with Gasteiger partial charge in [0.25, 0.3) is 0 Å². The predicted octanol–water partition coefficient (Wildman–Crippen LogP) is 9.72. The molecule has 744 valence electrons. The van der Waals surface area contributed by atoms with Crippen LogP contribution < -0.4 is 17.0 Å². The van der Waals surface area contributed by atoms with Crippen LogP contribution in [0.2, 0.25) is 54.4 Å². The van der Waals surface area contributed by atoms with E-state index in [1.54, 1.807) is 47.0 Å². The first-order chi connectivity index (χ1) is 56.7. The van der Waals surface area contributed by atoms with Gasteiger partial charge in [-0.05, 0) is 190 Å². The maximum atomic E-state index is 12.2. The van der Waals surface area contributed by atoms with Crippen molar-refractivity contribution in [2.75, 3.05) is 20.3 Å².